The molecule has 2 aromatic rings. The molecule has 1 heterocycles. The first kappa shape index (κ1) is 18.8. The zero-order valence-electron chi connectivity index (χ0n) is 14.7. The van der Waals surface area contributed by atoms with Gasteiger partial charge in [-0.1, -0.05) is 13.8 Å². The SMILES string of the molecule is CCN(CC)CCNC(=O)c1ccc2[nH]cc(CCCCCl)c2c1. The fourth-order valence-corrected chi connectivity index (χ4v) is 3.09. The van der Waals surface area contributed by atoms with Gasteiger partial charge in [0.1, 0.15) is 0 Å². The monoisotopic (exact) mass is 349 g/mol. The Balaban J connectivity index is 2.00. The topological polar surface area (TPSA) is 48.1 Å². The summed E-state index contributed by atoms with van der Waals surface area (Å²) < 4.78 is 0. The number of aromatic nitrogens is 1. The minimum atomic E-state index is -0.00281. The Hall–Kier alpha value is -1.52. The number of amides is 1. The van der Waals surface area contributed by atoms with E-state index in [4.69, 9.17) is 11.6 Å². The van der Waals surface area contributed by atoms with E-state index in [1.54, 1.807) is 0 Å². The molecule has 0 saturated heterocycles. The number of hydrogen-bond donors (Lipinski definition) is 2. The van der Waals surface area contributed by atoms with Crippen molar-refractivity contribution in [3.8, 4) is 0 Å². The van der Waals surface area contributed by atoms with Crippen molar-refractivity contribution in [3.05, 3.63) is 35.5 Å². The summed E-state index contributed by atoms with van der Waals surface area (Å²) in [6, 6.07) is 5.86. The van der Waals surface area contributed by atoms with E-state index in [1.165, 1.54) is 5.56 Å². The van der Waals surface area contributed by atoms with Crippen LogP contribution in [0.1, 0.15) is 42.6 Å². The van der Waals surface area contributed by atoms with Gasteiger partial charge in [-0.2, -0.15) is 0 Å². The number of alkyl halides is 1. The number of aryl methyl sites for hydroxylation is 1. The van der Waals surface area contributed by atoms with Crippen LogP contribution in [0, 0.1) is 0 Å². The summed E-state index contributed by atoms with van der Waals surface area (Å²) in [4.78, 5) is 18.0. The molecule has 1 amide bonds. The molecule has 0 bridgehead atoms. The summed E-state index contributed by atoms with van der Waals surface area (Å²) in [5.74, 6) is 0.694. The molecule has 2 rings (SSSR count). The number of carbonyl (C=O) groups excluding carboxylic acids is 1. The first-order valence-electron chi connectivity index (χ1n) is 8.86. The van der Waals surface area contributed by atoms with Gasteiger partial charge >= 0.3 is 0 Å². The minimum absolute atomic E-state index is 0.00281. The first-order valence-corrected chi connectivity index (χ1v) is 9.39. The Morgan fingerprint density at radius 1 is 1.25 bits per heavy atom. The number of benzene rings is 1. The lowest BCUT2D eigenvalue weighted by Gasteiger charge is -2.17. The zero-order valence-corrected chi connectivity index (χ0v) is 15.5. The molecule has 0 radical (unpaired) electrons. The molecular weight excluding hydrogens is 322 g/mol. The van der Waals surface area contributed by atoms with Crippen molar-refractivity contribution in [2.75, 3.05) is 32.1 Å². The van der Waals surface area contributed by atoms with Crippen molar-refractivity contribution in [2.24, 2.45) is 0 Å². The van der Waals surface area contributed by atoms with Crippen LogP contribution in [0.3, 0.4) is 0 Å². The van der Waals surface area contributed by atoms with E-state index in [2.05, 4.69) is 29.0 Å². The van der Waals surface area contributed by atoms with Crippen LogP contribution < -0.4 is 5.32 Å². The maximum atomic E-state index is 12.4. The molecule has 1 aromatic carbocycles. The second kappa shape index (κ2) is 9.70. The summed E-state index contributed by atoms with van der Waals surface area (Å²) in [5, 5.41) is 4.16. The van der Waals surface area contributed by atoms with E-state index < -0.39 is 0 Å². The second-order valence-corrected chi connectivity index (χ2v) is 6.38. The van der Waals surface area contributed by atoms with E-state index in [0.29, 0.717) is 12.4 Å². The molecule has 5 heteroatoms. The van der Waals surface area contributed by atoms with E-state index in [0.717, 1.165) is 55.4 Å². The largest absolute Gasteiger partial charge is 0.361 e. The average Bonchev–Trinajstić information content (AvgIpc) is 3.01. The number of nitrogens with zero attached hydrogens (tertiary/aromatic N) is 1. The van der Waals surface area contributed by atoms with Gasteiger partial charge in [0.25, 0.3) is 5.91 Å². The number of H-pyrrole nitrogens is 1. The van der Waals surface area contributed by atoms with Gasteiger partial charge in [-0.25, -0.2) is 0 Å². The fourth-order valence-electron chi connectivity index (χ4n) is 2.91. The van der Waals surface area contributed by atoms with Crippen LogP contribution in [0.15, 0.2) is 24.4 Å². The number of unbranched alkanes of at least 4 members (excludes halogenated alkanes) is 1. The standard InChI is InChI=1S/C19H28ClN3O/c1-3-23(4-2)12-11-21-19(24)15-8-9-18-17(13-15)16(14-22-18)7-5-6-10-20/h8-9,13-14,22H,3-7,10-12H2,1-2H3,(H,21,24). The maximum Gasteiger partial charge on any atom is 0.251 e. The van der Waals surface area contributed by atoms with Crippen molar-refractivity contribution >= 4 is 28.4 Å². The quantitative estimate of drug-likeness (QED) is 0.506. The van der Waals surface area contributed by atoms with Crippen molar-refractivity contribution in [3.63, 3.8) is 0 Å². The number of nitrogens with one attached hydrogen (secondary N) is 2. The van der Waals surface area contributed by atoms with Gasteiger partial charge in [-0.15, -0.1) is 11.6 Å². The van der Waals surface area contributed by atoms with Crippen molar-refractivity contribution in [2.45, 2.75) is 33.1 Å². The Morgan fingerprint density at radius 3 is 2.75 bits per heavy atom. The molecule has 0 aliphatic carbocycles. The molecule has 0 spiro atoms. The van der Waals surface area contributed by atoms with Crippen LogP contribution in [0.4, 0.5) is 0 Å². The number of aromatic amines is 1. The lowest BCUT2D eigenvalue weighted by molar-refractivity contribution is 0.0949. The van der Waals surface area contributed by atoms with Gasteiger partial charge in [0, 0.05) is 41.6 Å². The lowest BCUT2D eigenvalue weighted by atomic mass is 10.0. The molecule has 0 unspecified atom stereocenters. The predicted molar refractivity (Wildman–Crippen MR) is 102 cm³/mol. The molecule has 4 nitrogen and oxygen atoms in total. The fraction of sp³-hybridized carbons (Fsp3) is 0.526. The third-order valence-corrected chi connectivity index (χ3v) is 4.73. The molecule has 0 aliphatic heterocycles. The molecule has 2 N–H and O–H groups in total. The smallest absolute Gasteiger partial charge is 0.251 e. The number of fused-ring (bicyclic) bond motifs is 1. The average molecular weight is 350 g/mol. The van der Waals surface area contributed by atoms with Crippen molar-refractivity contribution in [1.82, 2.24) is 15.2 Å². The highest BCUT2D eigenvalue weighted by molar-refractivity contribution is 6.17. The van der Waals surface area contributed by atoms with Crippen molar-refractivity contribution < 1.29 is 4.79 Å². The number of likely N-dealkylation sites (N-methyl/N-ethyl adjacent to an activating group) is 1. The first-order chi connectivity index (χ1) is 11.7. The Kier molecular flexibility index (Phi) is 7.60. The Bertz CT molecular complexity index is 649. The maximum absolute atomic E-state index is 12.4. The van der Waals surface area contributed by atoms with E-state index in [9.17, 15) is 4.79 Å². The van der Waals surface area contributed by atoms with E-state index >= 15 is 0 Å². The summed E-state index contributed by atoms with van der Waals surface area (Å²) in [5.41, 5.74) is 3.06. The van der Waals surface area contributed by atoms with E-state index in [-0.39, 0.29) is 5.91 Å². The van der Waals surface area contributed by atoms with Crippen LogP contribution in [-0.4, -0.2) is 47.9 Å². The van der Waals surface area contributed by atoms with Crippen LogP contribution in [0.5, 0.6) is 0 Å². The van der Waals surface area contributed by atoms with Crippen LogP contribution in [0.25, 0.3) is 10.9 Å². The van der Waals surface area contributed by atoms with Crippen molar-refractivity contribution in [1.29, 1.82) is 0 Å². The summed E-state index contributed by atoms with van der Waals surface area (Å²) >= 11 is 5.75. The normalized spacial score (nSPS) is 11.3. The second-order valence-electron chi connectivity index (χ2n) is 6.00. The minimum Gasteiger partial charge on any atom is -0.361 e. The molecule has 0 fully saturated rings. The molecule has 24 heavy (non-hydrogen) atoms. The highest BCUT2D eigenvalue weighted by Crippen LogP contribution is 2.21. The van der Waals surface area contributed by atoms with Gasteiger partial charge in [-0.05, 0) is 56.1 Å². The third kappa shape index (κ3) is 4.99. The van der Waals surface area contributed by atoms with Gasteiger partial charge in [-0.3, -0.25) is 4.79 Å². The zero-order chi connectivity index (χ0) is 17.4. The third-order valence-electron chi connectivity index (χ3n) is 4.47. The molecule has 132 valence electrons. The summed E-state index contributed by atoms with van der Waals surface area (Å²) in [7, 11) is 0. The number of rotatable bonds is 10. The molecule has 0 saturated carbocycles. The molecule has 1 aromatic heterocycles. The van der Waals surface area contributed by atoms with Gasteiger partial charge in [0.2, 0.25) is 0 Å². The summed E-state index contributed by atoms with van der Waals surface area (Å²) in [6.45, 7) is 7.84. The van der Waals surface area contributed by atoms with Gasteiger partial charge in [0.15, 0.2) is 0 Å². The number of hydrogen-bond acceptors (Lipinski definition) is 2. The van der Waals surface area contributed by atoms with Crippen LogP contribution >= 0.6 is 11.6 Å². The molecule has 0 aliphatic rings. The number of halogens is 1. The Labute approximate surface area is 149 Å². The van der Waals surface area contributed by atoms with Gasteiger partial charge in [0.05, 0.1) is 0 Å². The predicted octanol–water partition coefficient (Wildman–Crippen LogP) is 3.80. The van der Waals surface area contributed by atoms with Crippen LogP contribution in [-0.2, 0) is 6.42 Å². The van der Waals surface area contributed by atoms with Gasteiger partial charge < -0.3 is 15.2 Å². The Morgan fingerprint density at radius 2 is 2.04 bits per heavy atom. The molecule has 0 atom stereocenters. The summed E-state index contributed by atoms with van der Waals surface area (Å²) in [6.07, 6.45) is 5.11. The van der Waals surface area contributed by atoms with E-state index in [1.807, 2.05) is 24.4 Å². The highest BCUT2D eigenvalue weighted by atomic mass is 35.5. The van der Waals surface area contributed by atoms with Crippen LogP contribution in [0.2, 0.25) is 0 Å². The highest BCUT2D eigenvalue weighted by Gasteiger charge is 2.10. The number of carbonyl (C=O) groups is 1. The molecular formula is C19H28ClN3O. The lowest BCUT2D eigenvalue weighted by Crippen LogP contribution is -2.34.